The van der Waals surface area contributed by atoms with E-state index in [1.165, 1.54) is 122 Å². The molecule has 80 heavy (non-hydrogen) atoms. The number of fused-ring (bicyclic) bond motifs is 8. The molecule has 6 saturated carbocycles. The number of allylic oxidation sites excluding steroid dienone is 12. The Morgan fingerprint density at radius 3 is 1.89 bits per heavy atom. The second kappa shape index (κ2) is 16.9. The molecule has 3 nitrogen and oxygen atoms in total. The Balaban J connectivity index is 1.08. The summed E-state index contributed by atoms with van der Waals surface area (Å²) in [5.74, 6) is 3.59. The van der Waals surface area contributed by atoms with Crippen molar-refractivity contribution in [1.82, 2.24) is 4.90 Å². The molecule has 4 heteroatoms. The Kier molecular flexibility index (Phi) is 11.1. The minimum Gasteiger partial charge on any atom is -0.468 e. The second-order valence-electron chi connectivity index (χ2n) is 34.2. The van der Waals surface area contributed by atoms with Crippen LogP contribution in [0.2, 0.25) is 0 Å². The van der Waals surface area contributed by atoms with E-state index in [9.17, 15) is 0 Å². The van der Waals surface area contributed by atoms with E-state index in [2.05, 4.69) is 187 Å². The van der Waals surface area contributed by atoms with Crippen LogP contribution in [-0.2, 0) is 16.2 Å². The normalized spacial score (nSPS) is 33.5. The molecule has 11 aliphatic carbocycles. The number of anilines is 2. The molecule has 4 bridgehead atoms. The molecular formula is C76H97BN2O. The fourth-order valence-electron chi connectivity index (χ4n) is 20.5. The Morgan fingerprint density at radius 1 is 0.625 bits per heavy atom. The quantitative estimate of drug-likeness (QED) is 0.243. The summed E-state index contributed by atoms with van der Waals surface area (Å²) < 4.78 is 7.84. The van der Waals surface area contributed by atoms with Gasteiger partial charge in [-0.3, -0.25) is 0 Å². The highest BCUT2D eigenvalue weighted by Gasteiger charge is 2.60. The third-order valence-electron chi connectivity index (χ3n) is 25.4. The standard InChI is InChI=1S/C76H97BN2O/c1-69(2,3)49-21-24-65-53(34-49)67-68(80-65)77-60-39-57-59(75(14,15)30-28-73(57,10)11)41-62(60)79(61-40-58-56(72(8,9)27-29-74(58,12)13)38-52(61)48-19-17-16-18-20-48)64-36-50(76-42-45-31-46(43-76)33-47(32-45)44-76)35-63(66(64)77)78(67)51-22-23-54-55(37-51)71(6,7)26-25-70(54,4)5/h16-17,19,21-24,34,36-37,39-40,45-47,56,59,63H,18,20,25-33,35,38,41-44H2,1-15H3. The molecule has 3 heterocycles. The van der Waals surface area contributed by atoms with E-state index in [-0.39, 0.29) is 56.1 Å². The van der Waals surface area contributed by atoms with Crippen molar-refractivity contribution in [3.8, 4) is 0 Å². The lowest BCUT2D eigenvalue weighted by Crippen LogP contribution is -2.58. The lowest BCUT2D eigenvalue weighted by molar-refractivity contribution is -0.0326. The van der Waals surface area contributed by atoms with Gasteiger partial charge in [-0.05, 0) is 257 Å². The van der Waals surface area contributed by atoms with Crippen LogP contribution in [0.1, 0.15) is 230 Å². The number of furan rings is 1. The highest BCUT2D eigenvalue weighted by atomic mass is 16.3. The van der Waals surface area contributed by atoms with Crippen LogP contribution in [0.15, 0.2) is 133 Å². The molecule has 3 aromatic rings. The molecule has 0 spiro atoms. The fourth-order valence-corrected chi connectivity index (χ4v) is 20.5. The van der Waals surface area contributed by atoms with Crippen LogP contribution < -0.4 is 10.6 Å². The largest absolute Gasteiger partial charge is 0.468 e. The van der Waals surface area contributed by atoms with Crippen molar-refractivity contribution in [2.45, 2.75) is 235 Å². The molecule has 3 atom stereocenters. The molecule has 420 valence electrons. The zero-order chi connectivity index (χ0) is 55.8. The Morgan fingerprint density at radius 2 is 1.25 bits per heavy atom. The number of rotatable bonds is 4. The van der Waals surface area contributed by atoms with Gasteiger partial charge in [0.1, 0.15) is 5.58 Å². The van der Waals surface area contributed by atoms with Gasteiger partial charge in [-0.2, -0.15) is 0 Å². The number of nitrogens with zero attached hydrogens (tertiary/aromatic N) is 2. The first-order valence-corrected chi connectivity index (χ1v) is 32.7. The highest BCUT2D eigenvalue weighted by molar-refractivity contribution is 6.88. The van der Waals surface area contributed by atoms with Crippen LogP contribution in [-0.4, -0.2) is 17.7 Å². The van der Waals surface area contributed by atoms with E-state index in [0.29, 0.717) is 11.8 Å². The molecule has 1 aromatic heterocycles. The third-order valence-corrected chi connectivity index (χ3v) is 25.4. The minimum atomic E-state index is -0.00934. The highest BCUT2D eigenvalue weighted by Crippen LogP contribution is 2.67. The predicted molar refractivity (Wildman–Crippen MR) is 337 cm³/mol. The molecule has 0 amide bonds. The maximum absolute atomic E-state index is 7.84. The van der Waals surface area contributed by atoms with E-state index in [1.54, 1.807) is 50.2 Å². The molecule has 0 N–H and O–H groups in total. The first kappa shape index (κ1) is 52.4. The Bertz CT molecular complexity index is 3440. The smallest absolute Gasteiger partial charge is 0.292 e. The lowest BCUT2D eigenvalue weighted by atomic mass is 9.31. The molecule has 2 aliphatic heterocycles. The molecule has 6 fully saturated rings. The minimum absolute atomic E-state index is 0.00934. The first-order valence-electron chi connectivity index (χ1n) is 32.7. The molecule has 13 aliphatic rings. The van der Waals surface area contributed by atoms with Gasteiger partial charge in [0.05, 0.1) is 17.4 Å². The lowest BCUT2D eigenvalue weighted by Gasteiger charge is -2.60. The summed E-state index contributed by atoms with van der Waals surface area (Å²) in [6, 6.07) is 15.3. The Labute approximate surface area is 483 Å². The third kappa shape index (κ3) is 7.61. The van der Waals surface area contributed by atoms with E-state index in [0.717, 1.165) is 55.4 Å². The topological polar surface area (TPSA) is 19.6 Å². The van der Waals surface area contributed by atoms with Gasteiger partial charge >= 0.3 is 0 Å². The average molecular weight is 1070 g/mol. The maximum atomic E-state index is 7.84. The molecule has 2 aromatic carbocycles. The summed E-state index contributed by atoms with van der Waals surface area (Å²) >= 11 is 0. The molecule has 0 radical (unpaired) electrons. The van der Waals surface area contributed by atoms with Crippen molar-refractivity contribution in [2.75, 3.05) is 4.90 Å². The van der Waals surface area contributed by atoms with Gasteiger partial charge in [-0.15, -0.1) is 0 Å². The van der Waals surface area contributed by atoms with Crippen molar-refractivity contribution in [3.63, 3.8) is 0 Å². The predicted octanol–water partition coefficient (Wildman–Crippen LogP) is 19.9. The molecule has 3 unspecified atom stereocenters. The summed E-state index contributed by atoms with van der Waals surface area (Å²) in [6.45, 7) is 38.1. The van der Waals surface area contributed by atoms with Gasteiger partial charge in [-0.25, -0.2) is 0 Å². The number of hydrogen-bond acceptors (Lipinski definition) is 3. The number of benzene rings is 2. The molecule has 0 saturated heterocycles. The zero-order valence-electron chi connectivity index (χ0n) is 52.3. The van der Waals surface area contributed by atoms with E-state index >= 15 is 0 Å². The van der Waals surface area contributed by atoms with E-state index in [4.69, 9.17) is 4.42 Å². The monoisotopic (exact) mass is 1060 g/mol. The van der Waals surface area contributed by atoms with Crippen molar-refractivity contribution < 1.29 is 4.42 Å². The van der Waals surface area contributed by atoms with Gasteiger partial charge in [-0.1, -0.05) is 157 Å². The van der Waals surface area contributed by atoms with Gasteiger partial charge in [0.2, 0.25) is 0 Å². The van der Waals surface area contributed by atoms with Crippen molar-refractivity contribution >= 4 is 34.7 Å². The van der Waals surface area contributed by atoms with Crippen molar-refractivity contribution in [1.29, 1.82) is 0 Å². The van der Waals surface area contributed by atoms with Crippen LogP contribution in [0.5, 0.6) is 0 Å². The summed E-state index contributed by atoms with van der Waals surface area (Å²) in [5.41, 5.74) is 26.6. The second-order valence-corrected chi connectivity index (χ2v) is 34.2. The van der Waals surface area contributed by atoms with Crippen LogP contribution in [0.4, 0.5) is 11.4 Å². The molecular weight excluding hydrogens is 968 g/mol. The SMILES string of the molecule is CC1(C)CCC(C)(C)C2CC(C3=CC=CCC3)=C(N3C4=C5B(C6=C3CC3C(=C6)C(C)(C)CCC3(C)C)c3oc6ccc(C(C)(C)C)cc6c3N(c3ccc6c(c3)C(C)(C)CCC6(C)C)C5CC(C35CC6CC(CC(C6)C3)C5)=C4)C=C21. The fraction of sp³-hybridized carbons (Fsp3) is 0.605. The van der Waals surface area contributed by atoms with Gasteiger partial charge in [0.25, 0.3) is 6.71 Å². The van der Waals surface area contributed by atoms with Crippen LogP contribution in [0.3, 0.4) is 0 Å². The summed E-state index contributed by atoms with van der Waals surface area (Å²) in [7, 11) is 0. The van der Waals surface area contributed by atoms with Crippen LogP contribution >= 0.6 is 0 Å². The van der Waals surface area contributed by atoms with Crippen LogP contribution in [0, 0.1) is 56.7 Å². The summed E-state index contributed by atoms with van der Waals surface area (Å²) in [5, 5.41) is 1.30. The summed E-state index contributed by atoms with van der Waals surface area (Å²) in [4.78, 5) is 6.02. The van der Waals surface area contributed by atoms with Gasteiger partial charge in [0, 0.05) is 28.2 Å². The van der Waals surface area contributed by atoms with Crippen LogP contribution in [0.25, 0.3) is 11.0 Å². The molecule has 16 rings (SSSR count). The average Bonchev–Trinajstić information content (AvgIpc) is 3.45. The van der Waals surface area contributed by atoms with E-state index in [1.807, 2.05) is 0 Å². The van der Waals surface area contributed by atoms with Crippen molar-refractivity contribution in [3.05, 3.63) is 145 Å². The van der Waals surface area contributed by atoms with E-state index < -0.39 is 0 Å². The first-order chi connectivity index (χ1) is 37.6. The number of hydrogen-bond donors (Lipinski definition) is 0. The van der Waals surface area contributed by atoms with Gasteiger partial charge in [0.15, 0.2) is 0 Å². The van der Waals surface area contributed by atoms with Gasteiger partial charge < -0.3 is 14.2 Å². The Hall–Kier alpha value is -4.44. The summed E-state index contributed by atoms with van der Waals surface area (Å²) in [6.07, 6.45) is 37.5. The zero-order valence-corrected chi connectivity index (χ0v) is 52.3. The maximum Gasteiger partial charge on any atom is 0.292 e. The van der Waals surface area contributed by atoms with Crippen molar-refractivity contribution in [2.24, 2.45) is 56.7 Å².